The van der Waals surface area contributed by atoms with Gasteiger partial charge in [0.15, 0.2) is 0 Å². The van der Waals surface area contributed by atoms with Gasteiger partial charge < -0.3 is 15.0 Å². The third-order valence-electron chi connectivity index (χ3n) is 3.91. The van der Waals surface area contributed by atoms with Crippen LogP contribution in [-0.2, 0) is 9.59 Å². The summed E-state index contributed by atoms with van der Waals surface area (Å²) in [5.41, 5.74) is 2.18. The van der Waals surface area contributed by atoms with E-state index < -0.39 is 0 Å². The topological polar surface area (TPSA) is 82.4 Å². The van der Waals surface area contributed by atoms with Crippen molar-refractivity contribution in [3.63, 3.8) is 0 Å². The molecule has 2 rings (SSSR count). The molecule has 1 aliphatic rings. The Kier molecular flexibility index (Phi) is 5.38. The first kappa shape index (κ1) is 17.3. The molecule has 0 atom stereocenters. The van der Waals surface area contributed by atoms with Crippen LogP contribution in [0.3, 0.4) is 0 Å². The normalized spacial score (nSPS) is 13.6. The van der Waals surface area contributed by atoms with E-state index in [-0.39, 0.29) is 11.8 Å². The zero-order valence-corrected chi connectivity index (χ0v) is 13.7. The molecule has 1 N–H and O–H groups in total. The highest BCUT2D eigenvalue weighted by molar-refractivity contribution is 6.03. The van der Waals surface area contributed by atoms with Crippen LogP contribution in [0.25, 0.3) is 6.08 Å². The molecule has 6 heteroatoms. The molecule has 1 aromatic carbocycles. The highest BCUT2D eigenvalue weighted by Gasteiger charge is 2.27. The number of anilines is 1. The van der Waals surface area contributed by atoms with Gasteiger partial charge in [-0.25, -0.2) is 0 Å². The van der Waals surface area contributed by atoms with E-state index in [9.17, 15) is 9.59 Å². The van der Waals surface area contributed by atoms with Crippen LogP contribution in [0.5, 0.6) is 5.75 Å². The minimum atomic E-state index is -0.288. The summed E-state index contributed by atoms with van der Waals surface area (Å²) >= 11 is 0. The number of methoxy groups -OCH3 is 1. The second-order valence-electron chi connectivity index (χ2n) is 5.46. The van der Waals surface area contributed by atoms with E-state index in [1.807, 2.05) is 0 Å². The minimum Gasteiger partial charge on any atom is -0.495 e. The molecule has 0 aromatic heterocycles. The van der Waals surface area contributed by atoms with E-state index in [4.69, 9.17) is 10.00 Å². The predicted molar refractivity (Wildman–Crippen MR) is 91.2 cm³/mol. The average Bonchev–Trinajstić information content (AvgIpc) is 3.44. The Morgan fingerprint density at radius 3 is 2.71 bits per heavy atom. The van der Waals surface area contributed by atoms with E-state index in [0.29, 0.717) is 34.7 Å². The van der Waals surface area contributed by atoms with Gasteiger partial charge in [-0.3, -0.25) is 9.59 Å². The number of allylic oxidation sites excluding steroid dienone is 1. The summed E-state index contributed by atoms with van der Waals surface area (Å²) in [6.07, 6.45) is 5.49. The summed E-state index contributed by atoms with van der Waals surface area (Å²) in [7, 11) is 3.09. The Balaban J connectivity index is 2.37. The Morgan fingerprint density at radius 2 is 2.21 bits per heavy atom. The molecule has 6 nitrogen and oxygen atoms in total. The van der Waals surface area contributed by atoms with Gasteiger partial charge in [-0.2, -0.15) is 5.26 Å². The highest BCUT2D eigenvalue weighted by Crippen LogP contribution is 2.35. The summed E-state index contributed by atoms with van der Waals surface area (Å²) in [6, 6.07) is 5.33. The first-order chi connectivity index (χ1) is 11.5. The number of carbonyl (C=O) groups is 2. The molecule has 1 saturated carbocycles. The van der Waals surface area contributed by atoms with E-state index in [1.54, 1.807) is 25.3 Å². The fourth-order valence-corrected chi connectivity index (χ4v) is 2.36. The molecule has 0 spiro atoms. The van der Waals surface area contributed by atoms with Gasteiger partial charge in [0.25, 0.3) is 5.91 Å². The highest BCUT2D eigenvalue weighted by atomic mass is 16.5. The van der Waals surface area contributed by atoms with Crippen molar-refractivity contribution >= 4 is 24.1 Å². The first-order valence-corrected chi connectivity index (χ1v) is 7.49. The lowest BCUT2D eigenvalue weighted by atomic mass is 10.1. The van der Waals surface area contributed by atoms with Gasteiger partial charge in [0.2, 0.25) is 6.41 Å². The minimum absolute atomic E-state index is 0.235. The van der Waals surface area contributed by atoms with Crippen LogP contribution < -0.4 is 15.0 Å². The van der Waals surface area contributed by atoms with Gasteiger partial charge >= 0.3 is 0 Å². The fraction of sp³-hybridized carbons (Fsp3) is 0.278. The van der Waals surface area contributed by atoms with Crippen molar-refractivity contribution in [3.8, 4) is 11.8 Å². The monoisotopic (exact) mass is 325 g/mol. The van der Waals surface area contributed by atoms with Crippen LogP contribution in [0.4, 0.5) is 5.69 Å². The molecular formula is C18H19N3O3. The molecule has 124 valence electrons. The number of nitriles is 1. The molecule has 24 heavy (non-hydrogen) atoms. The van der Waals surface area contributed by atoms with Crippen LogP contribution in [0.1, 0.15) is 24.0 Å². The fourth-order valence-electron chi connectivity index (χ4n) is 2.36. The van der Waals surface area contributed by atoms with Crippen molar-refractivity contribution in [2.24, 2.45) is 5.92 Å². The molecule has 1 aromatic rings. The zero-order valence-electron chi connectivity index (χ0n) is 13.7. The molecule has 2 amide bonds. The van der Waals surface area contributed by atoms with Crippen LogP contribution >= 0.6 is 0 Å². The number of ether oxygens (including phenoxy) is 1. The summed E-state index contributed by atoms with van der Waals surface area (Å²) in [6.45, 7) is 3.69. The van der Waals surface area contributed by atoms with Crippen LogP contribution in [-0.4, -0.2) is 26.5 Å². The maximum atomic E-state index is 12.5. The van der Waals surface area contributed by atoms with Gasteiger partial charge in [0.1, 0.15) is 5.75 Å². The summed E-state index contributed by atoms with van der Waals surface area (Å²) in [5, 5.41) is 11.8. The quantitative estimate of drug-likeness (QED) is 0.615. The lowest BCUT2D eigenvalue weighted by Crippen LogP contribution is -2.27. The van der Waals surface area contributed by atoms with Crippen molar-refractivity contribution in [2.75, 3.05) is 19.1 Å². The van der Waals surface area contributed by atoms with Crippen molar-refractivity contribution in [3.05, 3.63) is 41.6 Å². The number of benzene rings is 1. The van der Waals surface area contributed by atoms with Gasteiger partial charge in [0, 0.05) is 24.9 Å². The number of carbonyl (C=O) groups excluding carboxylic acids is 2. The number of hydrogen-bond acceptors (Lipinski definition) is 4. The lowest BCUT2D eigenvalue weighted by Gasteiger charge is -2.20. The Hall–Kier alpha value is -3.07. The SMILES string of the molecule is C=Cc1cc(N(C)C(=O)/C=C(\NC=O)C2CC2)c(OC)cc1C#N. The smallest absolute Gasteiger partial charge is 0.252 e. The number of likely N-dealkylation sites (N-methyl/N-ethyl adjacent to an activating group) is 1. The summed E-state index contributed by atoms with van der Waals surface area (Å²) in [5.74, 6) is 0.362. The molecule has 0 radical (unpaired) electrons. The van der Waals surface area contributed by atoms with Crippen molar-refractivity contribution in [1.82, 2.24) is 5.32 Å². The molecule has 0 saturated heterocycles. The molecule has 1 fully saturated rings. The molecule has 1 aliphatic carbocycles. The third kappa shape index (κ3) is 3.63. The number of hydrogen-bond donors (Lipinski definition) is 1. The maximum Gasteiger partial charge on any atom is 0.252 e. The Labute approximate surface area is 141 Å². The predicted octanol–water partition coefficient (Wildman–Crippen LogP) is 2.21. The summed E-state index contributed by atoms with van der Waals surface area (Å²) in [4.78, 5) is 24.6. The third-order valence-corrected chi connectivity index (χ3v) is 3.91. The molecule has 0 bridgehead atoms. The van der Waals surface area contributed by atoms with Gasteiger partial charge in [-0.1, -0.05) is 12.7 Å². The maximum absolute atomic E-state index is 12.5. The molecular weight excluding hydrogens is 306 g/mol. The van der Waals surface area contributed by atoms with Crippen molar-refractivity contribution in [1.29, 1.82) is 5.26 Å². The standard InChI is InChI=1S/C18H19N3O3/c1-4-12-7-16(17(24-3)8-14(12)10-19)21(2)18(23)9-15(20-11-22)13-5-6-13/h4,7-9,11,13H,1,5-6H2,2-3H3,(H,20,22)/b15-9-. The molecule has 0 aliphatic heterocycles. The Bertz CT molecular complexity index is 743. The average molecular weight is 325 g/mol. The van der Waals surface area contributed by atoms with E-state index in [2.05, 4.69) is 18.0 Å². The summed E-state index contributed by atoms with van der Waals surface area (Å²) < 4.78 is 5.30. The van der Waals surface area contributed by atoms with Crippen LogP contribution in [0.15, 0.2) is 30.5 Å². The molecule has 0 heterocycles. The first-order valence-electron chi connectivity index (χ1n) is 7.49. The lowest BCUT2D eigenvalue weighted by molar-refractivity contribution is -0.114. The number of nitrogens with one attached hydrogen (secondary N) is 1. The Morgan fingerprint density at radius 1 is 1.50 bits per heavy atom. The largest absolute Gasteiger partial charge is 0.495 e. The van der Waals surface area contributed by atoms with E-state index in [0.717, 1.165) is 12.8 Å². The van der Waals surface area contributed by atoms with Gasteiger partial charge in [-0.05, 0) is 30.4 Å². The van der Waals surface area contributed by atoms with Gasteiger partial charge in [0.05, 0.1) is 24.4 Å². The number of nitrogens with zero attached hydrogens (tertiary/aromatic N) is 2. The van der Waals surface area contributed by atoms with Crippen molar-refractivity contribution < 1.29 is 14.3 Å². The van der Waals surface area contributed by atoms with Crippen LogP contribution in [0.2, 0.25) is 0 Å². The molecule has 0 unspecified atom stereocenters. The number of amides is 2. The van der Waals surface area contributed by atoms with Crippen molar-refractivity contribution in [2.45, 2.75) is 12.8 Å². The van der Waals surface area contributed by atoms with E-state index >= 15 is 0 Å². The van der Waals surface area contributed by atoms with Gasteiger partial charge in [-0.15, -0.1) is 0 Å². The second kappa shape index (κ2) is 7.47. The van der Waals surface area contributed by atoms with E-state index in [1.165, 1.54) is 18.1 Å². The zero-order chi connectivity index (χ0) is 17.7. The number of rotatable bonds is 7. The second-order valence-corrected chi connectivity index (χ2v) is 5.46. The van der Waals surface area contributed by atoms with Crippen LogP contribution in [0, 0.1) is 17.2 Å².